The standard InChI is InChI=1S/C21H29N3O6S.C20H28ClN3O4S/c1-2-3-4-5-6-7-19(24(26)16-25)15-31(27,28)23-12-10-22(11-13-23)18-8-9-20-21(14-18)30-17-29-20;1-2-3-4-5-6-10-20(28-22-17-25)16-29(26,27)24-13-11-23(12-14-24)19-9-7-8-18(21)15-19/h8-9,14,16,19,26H,2-5,10-13,15,17H2,1H3;7-9,15,17,20H,2-5,11-14,16H2,1H3,(H,22,25). The molecule has 2 aromatic carbocycles. The number of sulfonamides is 2. The summed E-state index contributed by atoms with van der Waals surface area (Å²) in [5, 5.41) is 10.8. The highest BCUT2D eigenvalue weighted by molar-refractivity contribution is 7.89. The fourth-order valence-electron chi connectivity index (χ4n) is 6.58. The predicted octanol–water partition coefficient (Wildman–Crippen LogP) is 4.09. The molecule has 2 atom stereocenters. The number of hydrogen-bond donors (Lipinski definition) is 2. The average Bonchev–Trinajstić information content (AvgIpc) is 3.73. The Kier molecular flexibility index (Phi) is 20.0. The summed E-state index contributed by atoms with van der Waals surface area (Å²) in [6, 6.07) is 12.1. The van der Waals surface area contributed by atoms with Crippen molar-refractivity contribution in [3.63, 3.8) is 0 Å². The predicted molar refractivity (Wildman–Crippen MR) is 231 cm³/mol. The second-order valence-corrected chi connectivity index (χ2v) is 18.7. The maximum Gasteiger partial charge on any atom is 0.234 e. The molecule has 60 heavy (non-hydrogen) atoms. The van der Waals surface area contributed by atoms with Gasteiger partial charge in [-0.15, -0.1) is 11.8 Å². The Balaban J connectivity index is 0.000000265. The van der Waals surface area contributed by atoms with Crippen LogP contribution in [0, 0.1) is 23.7 Å². The summed E-state index contributed by atoms with van der Waals surface area (Å²) in [6.45, 7) is 7.91. The van der Waals surface area contributed by atoms with Gasteiger partial charge in [-0.3, -0.25) is 19.6 Å². The summed E-state index contributed by atoms with van der Waals surface area (Å²) in [4.78, 5) is 30.8. The van der Waals surface area contributed by atoms with Gasteiger partial charge in [0.15, 0.2) is 17.6 Å². The van der Waals surface area contributed by atoms with Crippen molar-refractivity contribution in [1.29, 1.82) is 0 Å². The molecule has 16 nitrogen and oxygen atoms in total. The van der Waals surface area contributed by atoms with E-state index < -0.39 is 37.9 Å². The molecular weight excluding hydrogens is 836 g/mol. The van der Waals surface area contributed by atoms with Gasteiger partial charge in [0.25, 0.3) is 0 Å². The van der Waals surface area contributed by atoms with E-state index in [9.17, 15) is 31.6 Å². The molecule has 2 fully saturated rings. The second kappa shape index (κ2) is 24.9. The third-order valence-corrected chi connectivity index (χ3v) is 13.9. The first-order chi connectivity index (χ1) is 28.9. The number of nitrogens with one attached hydrogen (secondary N) is 1. The molecule has 0 bridgehead atoms. The third-order valence-electron chi connectivity index (χ3n) is 9.92. The highest BCUT2D eigenvalue weighted by Gasteiger charge is 2.32. The van der Waals surface area contributed by atoms with Crippen molar-refractivity contribution in [3.05, 3.63) is 47.5 Å². The molecule has 2 N–H and O–H groups in total. The Labute approximate surface area is 360 Å². The average molecular weight is 894 g/mol. The van der Waals surface area contributed by atoms with Crippen molar-refractivity contribution in [1.82, 2.24) is 19.2 Å². The molecule has 330 valence electrons. The van der Waals surface area contributed by atoms with E-state index in [4.69, 9.17) is 25.9 Å². The van der Waals surface area contributed by atoms with Gasteiger partial charge in [0.2, 0.25) is 39.7 Å². The lowest BCUT2D eigenvalue weighted by Crippen LogP contribution is -2.51. The zero-order chi connectivity index (χ0) is 43.4. The molecular formula is C41H57ClN6O10S2. The molecule has 2 saturated heterocycles. The van der Waals surface area contributed by atoms with Crippen LogP contribution in [0.4, 0.5) is 11.4 Å². The van der Waals surface area contributed by atoms with Crippen molar-refractivity contribution >= 4 is 55.8 Å². The number of fused-ring (bicyclic) bond motifs is 1. The molecule has 3 aliphatic heterocycles. The van der Waals surface area contributed by atoms with E-state index in [0.29, 0.717) is 93.2 Å². The number of carbonyl (C=O) groups is 2. The van der Waals surface area contributed by atoms with E-state index in [-0.39, 0.29) is 19.0 Å². The Morgan fingerprint density at radius 2 is 1.35 bits per heavy atom. The zero-order valence-electron chi connectivity index (χ0n) is 34.3. The first-order valence-electron chi connectivity index (χ1n) is 20.3. The fourth-order valence-corrected chi connectivity index (χ4v) is 9.80. The first-order valence-corrected chi connectivity index (χ1v) is 23.8. The second-order valence-electron chi connectivity index (χ2n) is 14.2. The van der Waals surface area contributed by atoms with Crippen molar-refractivity contribution in [2.45, 2.75) is 77.4 Å². The van der Waals surface area contributed by atoms with Gasteiger partial charge in [0.05, 0.1) is 5.75 Å². The summed E-state index contributed by atoms with van der Waals surface area (Å²) in [5.41, 5.74) is 3.99. The number of unbranched alkanes of at least 4 members (excludes halogenated alkanes) is 6. The smallest absolute Gasteiger partial charge is 0.234 e. The maximum atomic E-state index is 12.9. The van der Waals surface area contributed by atoms with Crippen LogP contribution in [0.15, 0.2) is 42.5 Å². The number of nitrogens with zero attached hydrogens (tertiary/aromatic N) is 5. The number of hydroxylamine groups is 3. The molecule has 0 spiro atoms. The van der Waals surface area contributed by atoms with Gasteiger partial charge in [-0.2, -0.15) is 8.61 Å². The monoisotopic (exact) mass is 892 g/mol. The molecule has 5 rings (SSSR count). The van der Waals surface area contributed by atoms with Gasteiger partial charge >= 0.3 is 0 Å². The van der Waals surface area contributed by atoms with E-state index in [0.717, 1.165) is 49.9 Å². The minimum Gasteiger partial charge on any atom is -0.454 e. The van der Waals surface area contributed by atoms with Gasteiger partial charge in [0.1, 0.15) is 11.8 Å². The number of anilines is 2. The zero-order valence-corrected chi connectivity index (χ0v) is 36.7. The van der Waals surface area contributed by atoms with Crippen molar-refractivity contribution in [3.8, 4) is 35.2 Å². The summed E-state index contributed by atoms with van der Waals surface area (Å²) in [7, 11) is -7.28. The number of hydrogen-bond acceptors (Lipinski definition) is 12. The summed E-state index contributed by atoms with van der Waals surface area (Å²) in [6.07, 6.45) is 7.02. The molecule has 0 saturated carbocycles. The number of ether oxygens (including phenoxy) is 2. The van der Waals surface area contributed by atoms with E-state index >= 15 is 0 Å². The lowest BCUT2D eigenvalue weighted by Gasteiger charge is -2.36. The van der Waals surface area contributed by atoms with Crippen LogP contribution < -0.4 is 24.8 Å². The van der Waals surface area contributed by atoms with Gasteiger partial charge in [-0.05, 0) is 43.2 Å². The lowest BCUT2D eigenvalue weighted by molar-refractivity contribution is -0.153. The summed E-state index contributed by atoms with van der Waals surface area (Å²) >= 11 is 6.04. The molecule has 3 aliphatic rings. The maximum absolute atomic E-state index is 12.9. The third kappa shape index (κ3) is 15.3. The van der Waals surface area contributed by atoms with Crippen LogP contribution in [0.3, 0.4) is 0 Å². The quantitative estimate of drug-likeness (QED) is 0.0680. The minimum atomic E-state index is -3.70. The fraction of sp³-hybridized carbons (Fsp3) is 0.561. The number of rotatable bonds is 19. The SMILES string of the molecule is CCCCCC#CC(CS(=O)(=O)N1CCN(c2ccc3c(c2)OCO3)CC1)N(O)C=O.CCCCCC#CC(CS(=O)(=O)N1CCN(c2cccc(Cl)c2)CC1)ONC=O. The van der Waals surface area contributed by atoms with Gasteiger partial charge in [-0.1, -0.05) is 69.0 Å². The molecule has 0 aromatic heterocycles. The largest absolute Gasteiger partial charge is 0.454 e. The minimum absolute atomic E-state index is 0.193. The number of benzene rings is 2. The van der Waals surface area contributed by atoms with Crippen LogP contribution in [0.2, 0.25) is 5.02 Å². The summed E-state index contributed by atoms with van der Waals surface area (Å²) in [5.74, 6) is 12.1. The Bertz CT molecular complexity index is 2020. The van der Waals surface area contributed by atoms with Crippen LogP contribution in [-0.4, -0.2) is 131 Å². The molecule has 2 amide bonds. The van der Waals surface area contributed by atoms with Crippen LogP contribution in [0.5, 0.6) is 11.5 Å². The number of carbonyl (C=O) groups excluding carboxylic acids is 2. The van der Waals surface area contributed by atoms with Gasteiger partial charge in [-0.25, -0.2) is 27.4 Å². The first kappa shape index (κ1) is 48.4. The van der Waals surface area contributed by atoms with Crippen LogP contribution >= 0.6 is 11.6 Å². The van der Waals surface area contributed by atoms with E-state index in [1.807, 2.05) is 42.5 Å². The topological polar surface area (TPSA) is 179 Å². The Morgan fingerprint density at radius 1 is 0.783 bits per heavy atom. The molecule has 19 heteroatoms. The highest BCUT2D eigenvalue weighted by atomic mass is 35.5. The van der Waals surface area contributed by atoms with Crippen LogP contribution in [0.25, 0.3) is 0 Å². The van der Waals surface area contributed by atoms with Crippen LogP contribution in [-0.2, 0) is 34.5 Å². The summed E-state index contributed by atoms with van der Waals surface area (Å²) < 4.78 is 65.0. The molecule has 0 radical (unpaired) electrons. The molecule has 2 aromatic rings. The van der Waals surface area contributed by atoms with Crippen molar-refractivity contribution < 1.29 is 45.9 Å². The van der Waals surface area contributed by atoms with Gasteiger partial charge < -0.3 is 19.3 Å². The van der Waals surface area contributed by atoms with Crippen LogP contribution in [0.1, 0.15) is 65.2 Å². The highest BCUT2D eigenvalue weighted by Crippen LogP contribution is 2.36. The van der Waals surface area contributed by atoms with E-state index in [2.05, 4.69) is 52.8 Å². The number of piperazine rings is 2. The lowest BCUT2D eigenvalue weighted by atomic mass is 10.2. The molecule has 3 heterocycles. The normalized spacial score (nSPS) is 16.5. The molecule has 2 unspecified atom stereocenters. The van der Waals surface area contributed by atoms with Gasteiger partial charge in [0, 0.05) is 87.7 Å². The van der Waals surface area contributed by atoms with Crippen molar-refractivity contribution in [2.75, 3.05) is 80.5 Å². The Hall–Kier alpha value is -4.27. The van der Waals surface area contributed by atoms with E-state index in [1.165, 1.54) is 8.61 Å². The number of halogens is 1. The Morgan fingerprint density at radius 3 is 1.92 bits per heavy atom. The van der Waals surface area contributed by atoms with Crippen molar-refractivity contribution in [2.24, 2.45) is 0 Å². The number of amides is 2. The van der Waals surface area contributed by atoms with E-state index in [1.54, 1.807) is 0 Å². The molecule has 0 aliphatic carbocycles.